The number of carbonyl (C=O) groups excluding carboxylic acids is 1. The van der Waals surface area contributed by atoms with E-state index >= 15 is 0 Å². The fourth-order valence-electron chi connectivity index (χ4n) is 1.51. The lowest BCUT2D eigenvalue weighted by Crippen LogP contribution is -2.43. The van der Waals surface area contributed by atoms with Crippen LogP contribution in [0.4, 0.5) is 5.82 Å². The Labute approximate surface area is 139 Å². The first-order valence-electron chi connectivity index (χ1n) is 6.45. The molecule has 124 valence electrons. The van der Waals surface area contributed by atoms with Gasteiger partial charge in [0.15, 0.2) is 0 Å². The monoisotopic (exact) mass is 368 g/mol. The minimum atomic E-state index is -3.13. The average Bonchev–Trinajstić information content (AvgIpc) is 2.41. The molecule has 1 rings (SSSR count). The van der Waals surface area contributed by atoms with E-state index in [1.54, 1.807) is 6.07 Å². The molecular formula is C12H18Cl2N4O3S. The Morgan fingerprint density at radius 1 is 1.41 bits per heavy atom. The van der Waals surface area contributed by atoms with Gasteiger partial charge < -0.3 is 16.4 Å². The largest absolute Gasteiger partial charge is 0.367 e. The minimum Gasteiger partial charge on any atom is -0.367 e. The second kappa shape index (κ2) is 8.52. The van der Waals surface area contributed by atoms with Crippen molar-refractivity contribution in [1.82, 2.24) is 10.3 Å². The smallest absolute Gasteiger partial charge is 0.237 e. The number of hydrogen-bond acceptors (Lipinski definition) is 6. The van der Waals surface area contributed by atoms with Crippen LogP contribution in [0, 0.1) is 0 Å². The number of amides is 1. The van der Waals surface area contributed by atoms with E-state index in [1.165, 1.54) is 6.20 Å². The normalized spacial score (nSPS) is 12.7. The lowest BCUT2D eigenvalue weighted by Gasteiger charge is -2.12. The van der Waals surface area contributed by atoms with Gasteiger partial charge >= 0.3 is 0 Å². The number of hydrogen-bond donors (Lipinski definition) is 3. The van der Waals surface area contributed by atoms with E-state index in [1.807, 2.05) is 0 Å². The van der Waals surface area contributed by atoms with Crippen molar-refractivity contribution in [3.8, 4) is 0 Å². The van der Waals surface area contributed by atoms with Crippen molar-refractivity contribution in [1.29, 1.82) is 0 Å². The molecule has 4 N–H and O–H groups in total. The van der Waals surface area contributed by atoms with Gasteiger partial charge in [-0.2, -0.15) is 0 Å². The molecule has 0 spiro atoms. The highest BCUT2D eigenvalue weighted by molar-refractivity contribution is 7.90. The number of nitrogens with one attached hydrogen (secondary N) is 2. The van der Waals surface area contributed by atoms with Crippen LogP contribution in [-0.4, -0.2) is 50.4 Å². The van der Waals surface area contributed by atoms with Gasteiger partial charge in [0.25, 0.3) is 0 Å². The summed E-state index contributed by atoms with van der Waals surface area (Å²) in [6, 6.07) is 0.699. The summed E-state index contributed by atoms with van der Waals surface area (Å²) in [5.74, 6) is -0.0632. The van der Waals surface area contributed by atoms with E-state index in [2.05, 4.69) is 15.6 Å². The Morgan fingerprint density at radius 2 is 2.09 bits per heavy atom. The molecule has 0 bridgehead atoms. The summed E-state index contributed by atoms with van der Waals surface area (Å²) >= 11 is 11.7. The number of anilines is 1. The molecule has 0 aliphatic carbocycles. The van der Waals surface area contributed by atoms with Gasteiger partial charge in [0.1, 0.15) is 15.7 Å². The van der Waals surface area contributed by atoms with Crippen LogP contribution in [0.1, 0.15) is 6.42 Å². The van der Waals surface area contributed by atoms with Gasteiger partial charge in [-0.1, -0.05) is 23.2 Å². The predicted octanol–water partition coefficient (Wildman–Crippen LogP) is 0.679. The molecule has 1 aromatic heterocycles. The van der Waals surface area contributed by atoms with Gasteiger partial charge in [-0.15, -0.1) is 0 Å². The zero-order valence-electron chi connectivity index (χ0n) is 12.0. The molecule has 1 heterocycles. The summed E-state index contributed by atoms with van der Waals surface area (Å²) in [7, 11) is -3.13. The molecule has 0 aliphatic heterocycles. The summed E-state index contributed by atoms with van der Waals surface area (Å²) in [5, 5.41) is 6.35. The van der Waals surface area contributed by atoms with Crippen LogP contribution in [0.15, 0.2) is 12.3 Å². The zero-order chi connectivity index (χ0) is 16.8. The van der Waals surface area contributed by atoms with Crippen molar-refractivity contribution < 1.29 is 13.2 Å². The van der Waals surface area contributed by atoms with E-state index in [4.69, 9.17) is 28.9 Å². The highest BCUT2D eigenvalue weighted by Crippen LogP contribution is 2.21. The van der Waals surface area contributed by atoms with Gasteiger partial charge in [0.05, 0.1) is 21.8 Å². The van der Waals surface area contributed by atoms with Gasteiger partial charge in [-0.05, 0) is 12.5 Å². The average molecular weight is 369 g/mol. The van der Waals surface area contributed by atoms with E-state index in [9.17, 15) is 13.2 Å². The van der Waals surface area contributed by atoms with Crippen LogP contribution < -0.4 is 16.4 Å². The Hall–Kier alpha value is -1.09. The number of sulfone groups is 1. The summed E-state index contributed by atoms with van der Waals surface area (Å²) in [6.45, 7) is 0.685. The number of carbonyl (C=O) groups is 1. The van der Waals surface area contributed by atoms with Crippen molar-refractivity contribution in [2.24, 2.45) is 5.73 Å². The molecule has 1 atom stereocenters. The predicted molar refractivity (Wildman–Crippen MR) is 88.1 cm³/mol. The Bertz CT molecular complexity index is 625. The number of aromatic nitrogens is 1. The van der Waals surface area contributed by atoms with Gasteiger partial charge in [-0.3, -0.25) is 4.79 Å². The van der Waals surface area contributed by atoms with Crippen LogP contribution in [-0.2, 0) is 14.6 Å². The summed E-state index contributed by atoms with van der Waals surface area (Å²) in [4.78, 5) is 15.7. The third-order valence-corrected chi connectivity index (χ3v) is 4.13. The molecule has 1 amide bonds. The van der Waals surface area contributed by atoms with Crippen molar-refractivity contribution in [3.63, 3.8) is 0 Å². The van der Waals surface area contributed by atoms with Crippen LogP contribution in [0.2, 0.25) is 10.0 Å². The number of nitrogens with two attached hydrogens (primary N) is 1. The highest BCUT2D eigenvalue weighted by atomic mass is 35.5. The molecule has 1 unspecified atom stereocenters. The second-order valence-corrected chi connectivity index (χ2v) is 7.83. The van der Waals surface area contributed by atoms with Crippen molar-refractivity contribution in [2.75, 3.05) is 30.4 Å². The first-order valence-corrected chi connectivity index (χ1v) is 9.26. The zero-order valence-corrected chi connectivity index (χ0v) is 14.3. The Kier molecular flexibility index (Phi) is 7.34. The molecule has 0 saturated heterocycles. The van der Waals surface area contributed by atoms with Gasteiger partial charge in [-0.25, -0.2) is 13.4 Å². The quantitative estimate of drug-likeness (QED) is 0.581. The Morgan fingerprint density at radius 3 is 2.68 bits per heavy atom. The number of pyridine rings is 1. The lowest BCUT2D eigenvalue weighted by molar-refractivity contribution is -0.122. The molecule has 0 saturated carbocycles. The first-order chi connectivity index (χ1) is 10.2. The maximum Gasteiger partial charge on any atom is 0.237 e. The SMILES string of the molecule is CS(=O)(=O)CCC(N)C(=O)NCCNc1ncc(Cl)cc1Cl. The van der Waals surface area contributed by atoms with E-state index in [0.717, 1.165) is 6.26 Å². The van der Waals surface area contributed by atoms with E-state index in [0.29, 0.717) is 29.0 Å². The molecule has 0 radical (unpaired) electrons. The van der Waals surface area contributed by atoms with Gasteiger partial charge in [0.2, 0.25) is 5.91 Å². The van der Waals surface area contributed by atoms with Gasteiger partial charge in [0, 0.05) is 25.5 Å². The molecule has 10 heteroatoms. The van der Waals surface area contributed by atoms with E-state index in [-0.39, 0.29) is 12.2 Å². The van der Waals surface area contributed by atoms with Crippen LogP contribution in [0.5, 0.6) is 0 Å². The third-order valence-electron chi connectivity index (χ3n) is 2.66. The van der Waals surface area contributed by atoms with Crippen molar-refractivity contribution >= 4 is 44.8 Å². The fraction of sp³-hybridized carbons (Fsp3) is 0.500. The maximum absolute atomic E-state index is 11.7. The topological polar surface area (TPSA) is 114 Å². The Balaban J connectivity index is 2.30. The molecule has 1 aromatic rings. The molecule has 0 aliphatic rings. The van der Waals surface area contributed by atoms with Crippen LogP contribution in [0.3, 0.4) is 0 Å². The summed E-state index contributed by atoms with van der Waals surface area (Å²) < 4.78 is 22.0. The lowest BCUT2D eigenvalue weighted by atomic mass is 10.2. The molecule has 0 fully saturated rings. The van der Waals surface area contributed by atoms with Crippen molar-refractivity contribution in [3.05, 3.63) is 22.3 Å². The molecule has 0 aromatic carbocycles. The first kappa shape index (κ1) is 19.0. The summed E-state index contributed by atoms with van der Waals surface area (Å²) in [5.41, 5.74) is 5.61. The highest BCUT2D eigenvalue weighted by Gasteiger charge is 2.15. The standard InChI is InChI=1S/C12H18Cl2N4O3S/c1-22(20,21)5-2-10(15)12(19)17-4-3-16-11-9(14)6-8(13)7-18-11/h6-7,10H,2-5,15H2,1H3,(H,16,18)(H,17,19). The molecule has 7 nitrogen and oxygen atoms in total. The van der Waals surface area contributed by atoms with E-state index < -0.39 is 21.8 Å². The third kappa shape index (κ3) is 7.26. The maximum atomic E-state index is 11.7. The minimum absolute atomic E-state index is 0.0860. The number of halogens is 2. The fourth-order valence-corrected chi connectivity index (χ4v) is 2.64. The molecular weight excluding hydrogens is 351 g/mol. The molecule has 22 heavy (non-hydrogen) atoms. The summed E-state index contributed by atoms with van der Waals surface area (Å²) in [6.07, 6.45) is 2.64. The van der Waals surface area contributed by atoms with Crippen molar-refractivity contribution in [2.45, 2.75) is 12.5 Å². The second-order valence-electron chi connectivity index (χ2n) is 4.73. The van der Waals surface area contributed by atoms with Crippen LogP contribution in [0.25, 0.3) is 0 Å². The number of rotatable bonds is 8. The van der Waals surface area contributed by atoms with Crippen LogP contribution >= 0.6 is 23.2 Å². The number of nitrogens with zero attached hydrogens (tertiary/aromatic N) is 1.